The van der Waals surface area contributed by atoms with Crippen molar-refractivity contribution in [3.8, 4) is 5.75 Å². The van der Waals surface area contributed by atoms with Crippen LogP contribution in [-0.4, -0.2) is 57.9 Å². The van der Waals surface area contributed by atoms with E-state index in [0.717, 1.165) is 33.9 Å². The molecule has 3 aromatic rings. The Kier molecular flexibility index (Phi) is 14.9. The molecular weight excluding hydrogens is 584 g/mol. The molecule has 11 heteroatoms. The molecule has 2 unspecified atom stereocenters. The number of esters is 1. The quantitative estimate of drug-likeness (QED) is 0.0840. The number of nitrogens with zero attached hydrogens (tertiary/aromatic N) is 2. The number of methoxy groups -OCH3 is 1. The SMILES string of the molecule is CC.CCOC(=O)c1ccc(SC(CCCc2ccc(OC)cc2)C(=O)N(C(=O)O)C(C)Cc2ccccc2)c([N+](=O)[O-])c1. The zero-order chi connectivity index (χ0) is 32.6. The summed E-state index contributed by atoms with van der Waals surface area (Å²) >= 11 is 0.928. The molecule has 0 spiro atoms. The van der Waals surface area contributed by atoms with E-state index in [4.69, 9.17) is 9.47 Å². The molecule has 3 rings (SSSR count). The highest BCUT2D eigenvalue weighted by molar-refractivity contribution is 8.00. The third-order valence-electron chi connectivity index (χ3n) is 6.56. The molecule has 10 nitrogen and oxygen atoms in total. The number of aryl methyl sites for hydroxylation is 1. The number of hydrogen-bond acceptors (Lipinski definition) is 8. The van der Waals surface area contributed by atoms with Gasteiger partial charge in [-0.15, -0.1) is 11.8 Å². The Balaban J connectivity index is 0.00000330. The van der Waals surface area contributed by atoms with Crippen LogP contribution >= 0.6 is 11.8 Å². The monoisotopic (exact) mass is 624 g/mol. The Morgan fingerprint density at radius 2 is 1.66 bits per heavy atom. The minimum absolute atomic E-state index is 0.0129. The predicted molar refractivity (Wildman–Crippen MR) is 170 cm³/mol. The predicted octanol–water partition coefficient (Wildman–Crippen LogP) is 7.43. The molecular formula is C33H40N2O8S. The van der Waals surface area contributed by atoms with Crippen molar-refractivity contribution in [1.82, 2.24) is 4.90 Å². The molecule has 44 heavy (non-hydrogen) atoms. The van der Waals surface area contributed by atoms with Crippen LogP contribution in [0.3, 0.4) is 0 Å². The van der Waals surface area contributed by atoms with Crippen LogP contribution in [0.4, 0.5) is 10.5 Å². The number of benzene rings is 3. The van der Waals surface area contributed by atoms with Crippen molar-refractivity contribution in [1.29, 1.82) is 0 Å². The maximum absolute atomic E-state index is 13.9. The Labute approximate surface area is 262 Å². The van der Waals surface area contributed by atoms with Crippen molar-refractivity contribution in [2.75, 3.05) is 13.7 Å². The number of carboxylic acid groups (broad SMARTS) is 1. The first-order valence-corrected chi connectivity index (χ1v) is 15.4. The average Bonchev–Trinajstić information content (AvgIpc) is 3.02. The standard InChI is InChI=1S/C31H34N2O8S.C2H6/c1-4-41-30(35)24-15-18-27(26(20-24)33(38)39)42-28(12-8-11-22-13-16-25(40-3)17-14-22)29(34)32(31(36)37)21(2)19-23-9-6-5-7-10-23;1-2/h5-7,9-10,13-18,20-21,28H,4,8,11-12,19H2,1-3H3,(H,36,37);1-2H3. The van der Waals surface area contributed by atoms with Crippen LogP contribution in [0.1, 0.15) is 62.0 Å². The van der Waals surface area contributed by atoms with E-state index in [2.05, 4.69) is 0 Å². The van der Waals surface area contributed by atoms with Gasteiger partial charge in [0.15, 0.2) is 0 Å². The molecule has 0 heterocycles. The van der Waals surface area contributed by atoms with Gasteiger partial charge in [0.05, 0.1) is 34.3 Å². The molecule has 0 saturated carbocycles. The number of nitro groups is 1. The first-order valence-electron chi connectivity index (χ1n) is 14.5. The number of carbonyl (C=O) groups is 3. The molecule has 3 aromatic carbocycles. The Morgan fingerprint density at radius 1 is 1.00 bits per heavy atom. The van der Waals surface area contributed by atoms with E-state index < -0.39 is 34.2 Å². The largest absolute Gasteiger partial charge is 0.497 e. The summed E-state index contributed by atoms with van der Waals surface area (Å²) < 4.78 is 10.2. The number of thioether (sulfide) groups is 1. The Hall–Kier alpha value is -4.38. The summed E-state index contributed by atoms with van der Waals surface area (Å²) in [6.45, 7) is 7.40. The van der Waals surface area contributed by atoms with E-state index in [9.17, 15) is 29.6 Å². The fourth-order valence-corrected chi connectivity index (χ4v) is 5.68. The molecule has 0 radical (unpaired) electrons. The second-order valence-electron chi connectivity index (χ2n) is 9.54. The summed E-state index contributed by atoms with van der Waals surface area (Å²) in [6.07, 6.45) is 0.303. The van der Waals surface area contributed by atoms with Gasteiger partial charge < -0.3 is 14.6 Å². The maximum Gasteiger partial charge on any atom is 0.414 e. The summed E-state index contributed by atoms with van der Waals surface area (Å²) in [7, 11) is 1.58. The molecule has 1 N–H and O–H groups in total. The van der Waals surface area contributed by atoms with Gasteiger partial charge in [-0.25, -0.2) is 14.5 Å². The summed E-state index contributed by atoms with van der Waals surface area (Å²) in [5, 5.41) is 21.1. The van der Waals surface area contributed by atoms with Crippen molar-refractivity contribution in [2.45, 2.75) is 69.6 Å². The smallest absolute Gasteiger partial charge is 0.414 e. The van der Waals surface area contributed by atoms with Crippen LogP contribution in [0, 0.1) is 10.1 Å². The number of amides is 2. The van der Waals surface area contributed by atoms with Crippen molar-refractivity contribution >= 4 is 35.4 Å². The highest BCUT2D eigenvalue weighted by Crippen LogP contribution is 2.36. The summed E-state index contributed by atoms with van der Waals surface area (Å²) in [6, 6.07) is 20.0. The molecule has 2 amide bonds. The zero-order valence-corrected chi connectivity index (χ0v) is 26.5. The van der Waals surface area contributed by atoms with Gasteiger partial charge in [-0.1, -0.05) is 56.3 Å². The van der Waals surface area contributed by atoms with Gasteiger partial charge in [0.25, 0.3) is 5.69 Å². The van der Waals surface area contributed by atoms with Crippen LogP contribution in [0.25, 0.3) is 0 Å². The molecule has 0 aromatic heterocycles. The zero-order valence-electron chi connectivity index (χ0n) is 25.7. The summed E-state index contributed by atoms with van der Waals surface area (Å²) in [5.74, 6) is -0.643. The first-order chi connectivity index (χ1) is 21.1. The van der Waals surface area contributed by atoms with Crippen molar-refractivity contribution in [2.24, 2.45) is 0 Å². The number of rotatable bonds is 14. The molecule has 0 aliphatic carbocycles. The van der Waals surface area contributed by atoms with E-state index >= 15 is 0 Å². The molecule has 236 valence electrons. The third kappa shape index (κ3) is 10.4. The van der Waals surface area contributed by atoms with E-state index in [1.807, 2.05) is 68.4 Å². The van der Waals surface area contributed by atoms with Crippen molar-refractivity contribution in [3.05, 3.63) is 99.6 Å². The van der Waals surface area contributed by atoms with E-state index in [1.54, 1.807) is 21.0 Å². The molecule has 0 aliphatic rings. The van der Waals surface area contributed by atoms with E-state index in [0.29, 0.717) is 25.0 Å². The van der Waals surface area contributed by atoms with Gasteiger partial charge in [-0.2, -0.15) is 0 Å². The lowest BCUT2D eigenvalue weighted by atomic mass is 10.0. The fraction of sp³-hybridized carbons (Fsp3) is 0.364. The van der Waals surface area contributed by atoms with Crippen molar-refractivity contribution in [3.63, 3.8) is 0 Å². The van der Waals surface area contributed by atoms with Crippen LogP contribution in [0.2, 0.25) is 0 Å². The summed E-state index contributed by atoms with van der Waals surface area (Å²) in [5.41, 5.74) is 1.53. The Bertz CT molecular complexity index is 1380. The number of ether oxygens (including phenoxy) is 2. The number of imide groups is 1. The number of carbonyl (C=O) groups excluding carboxylic acids is 2. The lowest BCUT2D eigenvalue weighted by Crippen LogP contribution is -2.47. The van der Waals surface area contributed by atoms with Crippen LogP contribution in [0.5, 0.6) is 5.75 Å². The van der Waals surface area contributed by atoms with Gasteiger partial charge in [0.2, 0.25) is 5.91 Å². The fourth-order valence-electron chi connectivity index (χ4n) is 4.47. The van der Waals surface area contributed by atoms with Gasteiger partial charge in [-0.05, 0) is 74.9 Å². The second-order valence-corrected chi connectivity index (χ2v) is 10.8. The minimum Gasteiger partial charge on any atom is -0.497 e. The average molecular weight is 625 g/mol. The van der Waals surface area contributed by atoms with E-state index in [1.165, 1.54) is 12.1 Å². The van der Waals surface area contributed by atoms with Crippen LogP contribution < -0.4 is 4.74 Å². The first kappa shape index (κ1) is 35.8. The van der Waals surface area contributed by atoms with Gasteiger partial charge in [-0.3, -0.25) is 14.9 Å². The Morgan fingerprint density at radius 3 is 2.23 bits per heavy atom. The highest BCUT2D eigenvalue weighted by atomic mass is 32.2. The van der Waals surface area contributed by atoms with Crippen molar-refractivity contribution < 1.29 is 33.9 Å². The van der Waals surface area contributed by atoms with Crippen LogP contribution in [0.15, 0.2) is 77.7 Å². The lowest BCUT2D eigenvalue weighted by molar-refractivity contribution is -0.387. The third-order valence-corrected chi connectivity index (χ3v) is 7.88. The van der Waals surface area contributed by atoms with E-state index in [-0.39, 0.29) is 29.2 Å². The normalized spacial score (nSPS) is 11.8. The second kappa shape index (κ2) is 18.3. The van der Waals surface area contributed by atoms with Gasteiger partial charge in [0, 0.05) is 12.1 Å². The topological polar surface area (TPSA) is 136 Å². The maximum atomic E-state index is 13.9. The molecule has 0 fully saturated rings. The number of hydrogen-bond donors (Lipinski definition) is 1. The molecule has 0 bridgehead atoms. The lowest BCUT2D eigenvalue weighted by Gasteiger charge is -2.28. The van der Waals surface area contributed by atoms with Gasteiger partial charge in [0.1, 0.15) is 5.75 Å². The van der Waals surface area contributed by atoms with Gasteiger partial charge >= 0.3 is 12.1 Å². The van der Waals surface area contributed by atoms with Crippen LogP contribution in [-0.2, 0) is 22.4 Å². The number of nitro benzene ring substituents is 1. The highest BCUT2D eigenvalue weighted by Gasteiger charge is 2.34. The molecule has 0 saturated heterocycles. The minimum atomic E-state index is -1.39. The molecule has 0 aliphatic heterocycles. The molecule has 2 atom stereocenters. The summed E-state index contributed by atoms with van der Waals surface area (Å²) in [4.78, 5) is 50.7.